The summed E-state index contributed by atoms with van der Waals surface area (Å²) in [5, 5.41) is 0. The van der Waals surface area contributed by atoms with Crippen LogP contribution in [0.25, 0.3) is 11.0 Å². The molecule has 3 N–H and O–H groups in total. The molecule has 4 nitrogen and oxygen atoms in total. The van der Waals surface area contributed by atoms with Gasteiger partial charge < -0.3 is 15.5 Å². The van der Waals surface area contributed by atoms with E-state index in [0.29, 0.717) is 22.8 Å². The molecule has 1 aromatic heterocycles. The highest BCUT2D eigenvalue weighted by Gasteiger charge is 2.10. The second-order valence-corrected chi connectivity index (χ2v) is 4.29. The lowest BCUT2D eigenvalue weighted by atomic mass is 10.3. The van der Waals surface area contributed by atoms with Gasteiger partial charge in [-0.3, -0.25) is 0 Å². The van der Waals surface area contributed by atoms with Crippen LogP contribution in [-0.4, -0.2) is 9.97 Å². The molecular weight excluding hydrogens is 264 g/mol. The van der Waals surface area contributed by atoms with Crippen molar-refractivity contribution in [3.8, 4) is 5.75 Å². The Morgan fingerprint density at radius 1 is 1.20 bits per heavy atom. The van der Waals surface area contributed by atoms with Crippen molar-refractivity contribution in [3.05, 3.63) is 53.9 Å². The van der Waals surface area contributed by atoms with E-state index < -0.39 is 11.6 Å². The lowest BCUT2D eigenvalue weighted by Gasteiger charge is -2.06. The Labute approximate surface area is 113 Å². The summed E-state index contributed by atoms with van der Waals surface area (Å²) in [4.78, 5) is 6.85. The number of fused-ring (bicyclic) bond motifs is 1. The number of aromatic nitrogens is 2. The fourth-order valence-corrected chi connectivity index (χ4v) is 1.92. The number of benzene rings is 2. The zero-order valence-electron chi connectivity index (χ0n) is 10.4. The molecule has 0 aliphatic rings. The van der Waals surface area contributed by atoms with E-state index >= 15 is 0 Å². The third-order valence-electron chi connectivity index (χ3n) is 2.84. The summed E-state index contributed by atoms with van der Waals surface area (Å²) >= 11 is 0. The quantitative estimate of drug-likeness (QED) is 0.722. The molecule has 0 atom stereocenters. The monoisotopic (exact) mass is 275 g/mol. The van der Waals surface area contributed by atoms with Crippen LogP contribution < -0.4 is 10.5 Å². The van der Waals surface area contributed by atoms with Crippen LogP contribution in [0.1, 0.15) is 5.82 Å². The zero-order chi connectivity index (χ0) is 14.1. The highest BCUT2D eigenvalue weighted by atomic mass is 19.1. The second-order valence-electron chi connectivity index (χ2n) is 4.29. The number of H-pyrrole nitrogens is 1. The maximum Gasteiger partial charge on any atom is 0.153 e. The lowest BCUT2D eigenvalue weighted by molar-refractivity contribution is 0.299. The SMILES string of the molecule is Nc1ccccc1OCc1nc2c(F)cc(F)cc2[nH]1. The first-order chi connectivity index (χ1) is 9.63. The highest BCUT2D eigenvalue weighted by molar-refractivity contribution is 5.75. The molecule has 6 heteroatoms. The first-order valence-corrected chi connectivity index (χ1v) is 5.94. The second kappa shape index (κ2) is 4.80. The number of rotatable bonds is 3. The van der Waals surface area contributed by atoms with Gasteiger partial charge >= 0.3 is 0 Å². The third kappa shape index (κ3) is 2.27. The van der Waals surface area contributed by atoms with Gasteiger partial charge in [-0.1, -0.05) is 12.1 Å². The van der Waals surface area contributed by atoms with E-state index in [9.17, 15) is 8.78 Å². The first kappa shape index (κ1) is 12.4. The van der Waals surface area contributed by atoms with Crippen molar-refractivity contribution in [2.75, 3.05) is 5.73 Å². The number of para-hydroxylation sites is 2. The minimum Gasteiger partial charge on any atom is -0.484 e. The molecular formula is C14H11F2N3O. The molecule has 0 radical (unpaired) electrons. The molecule has 0 aliphatic carbocycles. The van der Waals surface area contributed by atoms with Gasteiger partial charge in [0.05, 0.1) is 11.2 Å². The predicted octanol–water partition coefficient (Wildman–Crippen LogP) is 3.00. The van der Waals surface area contributed by atoms with E-state index in [1.165, 1.54) is 6.07 Å². The molecule has 20 heavy (non-hydrogen) atoms. The molecule has 3 rings (SSSR count). The number of nitrogens with zero attached hydrogens (tertiary/aromatic N) is 1. The minimum absolute atomic E-state index is 0.0873. The lowest BCUT2D eigenvalue weighted by Crippen LogP contribution is -1.99. The van der Waals surface area contributed by atoms with Crippen molar-refractivity contribution in [1.82, 2.24) is 9.97 Å². The van der Waals surface area contributed by atoms with E-state index in [-0.39, 0.29) is 12.1 Å². The molecule has 0 unspecified atom stereocenters. The van der Waals surface area contributed by atoms with E-state index in [2.05, 4.69) is 9.97 Å². The van der Waals surface area contributed by atoms with E-state index in [1.807, 2.05) is 0 Å². The summed E-state index contributed by atoms with van der Waals surface area (Å²) < 4.78 is 32.1. The Kier molecular flexibility index (Phi) is 2.98. The summed E-state index contributed by atoms with van der Waals surface area (Å²) in [6.07, 6.45) is 0. The van der Waals surface area contributed by atoms with Crippen molar-refractivity contribution in [3.63, 3.8) is 0 Å². The average Bonchev–Trinajstić information content (AvgIpc) is 2.81. The number of anilines is 1. The van der Waals surface area contributed by atoms with Crippen molar-refractivity contribution >= 4 is 16.7 Å². The molecule has 0 spiro atoms. The van der Waals surface area contributed by atoms with Crippen LogP contribution in [0, 0.1) is 11.6 Å². The standard InChI is InChI=1S/C14H11F2N3O/c15-8-5-9(16)14-11(6-8)18-13(19-14)7-20-12-4-2-1-3-10(12)17/h1-6H,7,17H2,(H,18,19). The van der Waals surface area contributed by atoms with Crippen LogP contribution in [0.5, 0.6) is 5.75 Å². The first-order valence-electron chi connectivity index (χ1n) is 5.94. The average molecular weight is 275 g/mol. The van der Waals surface area contributed by atoms with E-state index in [4.69, 9.17) is 10.5 Å². The number of halogens is 2. The normalized spacial score (nSPS) is 10.9. The third-order valence-corrected chi connectivity index (χ3v) is 2.84. The Balaban J connectivity index is 1.85. The number of ether oxygens (including phenoxy) is 1. The number of hydrogen-bond acceptors (Lipinski definition) is 3. The smallest absolute Gasteiger partial charge is 0.153 e. The van der Waals surface area contributed by atoms with Crippen molar-refractivity contribution in [1.29, 1.82) is 0 Å². The van der Waals surface area contributed by atoms with Crippen LogP contribution in [0.4, 0.5) is 14.5 Å². The predicted molar refractivity (Wildman–Crippen MR) is 71.2 cm³/mol. The van der Waals surface area contributed by atoms with Gasteiger partial charge in [0.1, 0.15) is 29.5 Å². The van der Waals surface area contributed by atoms with Gasteiger partial charge in [-0.05, 0) is 18.2 Å². The molecule has 0 fully saturated rings. The Bertz CT molecular complexity index is 770. The highest BCUT2D eigenvalue weighted by Crippen LogP contribution is 2.22. The van der Waals surface area contributed by atoms with Gasteiger partial charge in [-0.2, -0.15) is 0 Å². The number of hydrogen-bond donors (Lipinski definition) is 2. The summed E-state index contributed by atoms with van der Waals surface area (Å²) in [5.74, 6) is -0.451. The van der Waals surface area contributed by atoms with Gasteiger partial charge in [-0.15, -0.1) is 0 Å². The maximum atomic E-state index is 13.5. The van der Waals surface area contributed by atoms with Crippen LogP contribution in [0.3, 0.4) is 0 Å². The molecule has 0 amide bonds. The number of nitrogen functional groups attached to an aromatic ring is 1. The Morgan fingerprint density at radius 3 is 2.80 bits per heavy atom. The molecule has 0 saturated heterocycles. The van der Waals surface area contributed by atoms with Crippen LogP contribution in [0.2, 0.25) is 0 Å². The maximum absolute atomic E-state index is 13.5. The number of imidazole rings is 1. The Hall–Kier alpha value is -2.63. The van der Waals surface area contributed by atoms with Crippen molar-refractivity contribution in [2.24, 2.45) is 0 Å². The van der Waals surface area contributed by atoms with Gasteiger partial charge in [0.25, 0.3) is 0 Å². The van der Waals surface area contributed by atoms with Crippen LogP contribution >= 0.6 is 0 Å². The molecule has 3 aromatic rings. The number of nitrogens with two attached hydrogens (primary N) is 1. The molecule has 0 saturated carbocycles. The fraction of sp³-hybridized carbons (Fsp3) is 0.0714. The van der Waals surface area contributed by atoms with Gasteiger partial charge in [0.2, 0.25) is 0 Å². The fourth-order valence-electron chi connectivity index (χ4n) is 1.92. The molecule has 1 heterocycles. The largest absolute Gasteiger partial charge is 0.484 e. The van der Waals surface area contributed by atoms with Crippen LogP contribution in [-0.2, 0) is 6.61 Å². The summed E-state index contributed by atoms with van der Waals surface area (Å²) in [6, 6.07) is 9.00. The number of nitrogens with one attached hydrogen (secondary N) is 1. The molecule has 0 aliphatic heterocycles. The van der Waals surface area contributed by atoms with E-state index in [0.717, 1.165) is 6.07 Å². The van der Waals surface area contributed by atoms with E-state index in [1.54, 1.807) is 24.3 Å². The summed E-state index contributed by atoms with van der Waals surface area (Å²) in [7, 11) is 0. The van der Waals surface area contributed by atoms with Gasteiger partial charge in [0, 0.05) is 6.07 Å². The summed E-state index contributed by atoms with van der Waals surface area (Å²) in [6.45, 7) is 0.0873. The molecule has 102 valence electrons. The van der Waals surface area contributed by atoms with Crippen molar-refractivity contribution < 1.29 is 13.5 Å². The van der Waals surface area contributed by atoms with Crippen molar-refractivity contribution in [2.45, 2.75) is 6.61 Å². The van der Waals surface area contributed by atoms with Gasteiger partial charge in [0.15, 0.2) is 5.82 Å². The number of aromatic amines is 1. The minimum atomic E-state index is -0.707. The zero-order valence-corrected chi connectivity index (χ0v) is 10.4. The van der Waals surface area contributed by atoms with Gasteiger partial charge in [-0.25, -0.2) is 13.8 Å². The summed E-state index contributed by atoms with van der Waals surface area (Å²) in [5.41, 5.74) is 6.62. The topological polar surface area (TPSA) is 63.9 Å². The molecule has 2 aromatic carbocycles. The van der Waals surface area contributed by atoms with Crippen LogP contribution in [0.15, 0.2) is 36.4 Å². The molecule has 0 bridgehead atoms. The Morgan fingerprint density at radius 2 is 2.00 bits per heavy atom.